The van der Waals surface area contributed by atoms with E-state index in [0.717, 1.165) is 27.8 Å². The Morgan fingerprint density at radius 2 is 1.70 bits per heavy atom. The summed E-state index contributed by atoms with van der Waals surface area (Å²) >= 11 is 5.93. The monoisotopic (exact) mass is 416 g/mol. The molecule has 1 atom stereocenters. The Morgan fingerprint density at radius 1 is 1.03 bits per heavy atom. The molecule has 0 aliphatic rings. The lowest BCUT2D eigenvalue weighted by Crippen LogP contribution is -2.29. The summed E-state index contributed by atoms with van der Waals surface area (Å²) in [6.45, 7) is 3.75. The first-order valence-corrected chi connectivity index (χ1v) is 9.81. The molecule has 0 aliphatic heterocycles. The van der Waals surface area contributed by atoms with Crippen molar-refractivity contribution in [3.05, 3.63) is 94.8 Å². The van der Waals surface area contributed by atoms with Gasteiger partial charge in [-0.25, -0.2) is 9.78 Å². The van der Waals surface area contributed by atoms with Gasteiger partial charge in [-0.05, 0) is 66.8 Å². The van der Waals surface area contributed by atoms with Crippen LogP contribution in [0.15, 0.2) is 72.9 Å². The number of nitrogens with zero attached hydrogens (tertiary/aromatic N) is 1. The summed E-state index contributed by atoms with van der Waals surface area (Å²) in [5.74, 6) is 6.20. The Morgan fingerprint density at radius 3 is 2.30 bits per heavy atom. The van der Waals surface area contributed by atoms with Crippen molar-refractivity contribution in [2.24, 2.45) is 0 Å². The highest BCUT2D eigenvalue weighted by molar-refractivity contribution is 6.30. The molecular formula is C25H21ClN2O2. The molecule has 150 valence electrons. The Balaban J connectivity index is 1.68. The fourth-order valence-electron chi connectivity index (χ4n) is 2.94. The molecule has 1 aromatic heterocycles. The molecule has 0 aliphatic carbocycles. The first-order chi connectivity index (χ1) is 14.4. The van der Waals surface area contributed by atoms with E-state index in [-0.39, 0.29) is 6.04 Å². The Hall–Kier alpha value is -3.55. The third-order valence-corrected chi connectivity index (χ3v) is 4.72. The maximum Gasteiger partial charge on any atom is 0.405 e. The van der Waals surface area contributed by atoms with Crippen LogP contribution >= 0.6 is 11.6 Å². The van der Waals surface area contributed by atoms with Crippen molar-refractivity contribution < 1.29 is 9.90 Å². The number of carboxylic acid groups (broad SMARTS) is 1. The number of nitrogens with one attached hydrogen (secondary N) is 1. The van der Waals surface area contributed by atoms with Crippen LogP contribution in [-0.4, -0.2) is 22.2 Å². The minimum Gasteiger partial charge on any atom is -0.465 e. The topological polar surface area (TPSA) is 62.2 Å². The van der Waals surface area contributed by atoms with Crippen LogP contribution in [0.5, 0.6) is 0 Å². The zero-order valence-electron chi connectivity index (χ0n) is 16.7. The lowest BCUT2D eigenvalue weighted by molar-refractivity contribution is 0.193. The zero-order valence-corrected chi connectivity index (χ0v) is 17.4. The highest BCUT2D eigenvalue weighted by atomic mass is 35.5. The van der Waals surface area contributed by atoms with Gasteiger partial charge < -0.3 is 10.4 Å². The van der Waals surface area contributed by atoms with E-state index in [1.165, 1.54) is 0 Å². The van der Waals surface area contributed by atoms with Crippen LogP contribution < -0.4 is 5.32 Å². The molecule has 5 heteroatoms. The second-order valence-corrected chi connectivity index (χ2v) is 7.29. The second kappa shape index (κ2) is 9.78. The molecule has 1 heterocycles. The largest absolute Gasteiger partial charge is 0.465 e. The predicted molar refractivity (Wildman–Crippen MR) is 121 cm³/mol. The van der Waals surface area contributed by atoms with Gasteiger partial charge in [0, 0.05) is 28.4 Å². The van der Waals surface area contributed by atoms with Gasteiger partial charge in [-0.2, -0.15) is 0 Å². The summed E-state index contributed by atoms with van der Waals surface area (Å²) in [5, 5.41) is 11.9. The molecule has 2 aromatic carbocycles. The smallest absolute Gasteiger partial charge is 0.405 e. The van der Waals surface area contributed by atoms with Crippen LogP contribution in [0.4, 0.5) is 4.79 Å². The lowest BCUT2D eigenvalue weighted by Gasteiger charge is -2.08. The van der Waals surface area contributed by atoms with Crippen molar-refractivity contribution in [1.82, 2.24) is 10.3 Å². The van der Waals surface area contributed by atoms with Crippen molar-refractivity contribution >= 4 is 23.3 Å². The SMILES string of the molecule is C/C(=C/[C@H](C)NC(=O)O)c1ccc(C#Cc2ccc(-c3ccc(Cl)cc3)cn2)cc1. The zero-order chi connectivity index (χ0) is 21.5. The minimum absolute atomic E-state index is 0.260. The van der Waals surface area contributed by atoms with Crippen molar-refractivity contribution in [2.75, 3.05) is 0 Å². The number of allylic oxidation sites excluding steroid dienone is 1. The van der Waals surface area contributed by atoms with Crippen molar-refractivity contribution in [3.8, 4) is 23.0 Å². The molecule has 1 amide bonds. The number of hydrogen-bond donors (Lipinski definition) is 2. The van der Waals surface area contributed by atoms with Crippen LogP contribution in [0, 0.1) is 11.8 Å². The molecule has 0 saturated heterocycles. The molecule has 3 rings (SSSR count). The van der Waals surface area contributed by atoms with E-state index in [0.29, 0.717) is 10.7 Å². The summed E-state index contributed by atoms with van der Waals surface area (Å²) in [6.07, 6.45) is 2.64. The van der Waals surface area contributed by atoms with E-state index in [9.17, 15) is 4.79 Å². The fraction of sp³-hybridized carbons (Fsp3) is 0.120. The van der Waals surface area contributed by atoms with E-state index in [4.69, 9.17) is 16.7 Å². The summed E-state index contributed by atoms with van der Waals surface area (Å²) in [4.78, 5) is 15.1. The highest BCUT2D eigenvalue weighted by Crippen LogP contribution is 2.21. The number of amides is 1. The second-order valence-electron chi connectivity index (χ2n) is 6.85. The summed E-state index contributed by atoms with van der Waals surface area (Å²) in [7, 11) is 0. The van der Waals surface area contributed by atoms with Gasteiger partial charge in [0.25, 0.3) is 0 Å². The Labute approximate surface area is 181 Å². The van der Waals surface area contributed by atoms with Crippen molar-refractivity contribution in [2.45, 2.75) is 19.9 Å². The molecule has 0 spiro atoms. The van der Waals surface area contributed by atoms with Gasteiger partial charge in [0.05, 0.1) is 0 Å². The molecule has 30 heavy (non-hydrogen) atoms. The number of halogens is 1. The maximum absolute atomic E-state index is 10.7. The van der Waals surface area contributed by atoms with E-state index in [2.05, 4.69) is 22.1 Å². The average Bonchev–Trinajstić information content (AvgIpc) is 2.73. The van der Waals surface area contributed by atoms with Crippen LogP contribution in [0.3, 0.4) is 0 Å². The van der Waals surface area contributed by atoms with Crippen molar-refractivity contribution in [1.29, 1.82) is 0 Å². The number of aromatic nitrogens is 1. The van der Waals surface area contributed by atoms with E-state index >= 15 is 0 Å². The van der Waals surface area contributed by atoms with Crippen LogP contribution in [-0.2, 0) is 0 Å². The summed E-state index contributed by atoms with van der Waals surface area (Å²) in [6, 6.07) is 19.1. The molecular weight excluding hydrogens is 396 g/mol. The van der Waals surface area contributed by atoms with Gasteiger partial charge >= 0.3 is 6.09 Å². The third-order valence-electron chi connectivity index (χ3n) is 4.47. The van der Waals surface area contributed by atoms with Gasteiger partial charge in [0.1, 0.15) is 5.69 Å². The molecule has 0 bridgehead atoms. The van der Waals surface area contributed by atoms with Gasteiger partial charge in [0.15, 0.2) is 0 Å². The first-order valence-electron chi connectivity index (χ1n) is 9.43. The van der Waals surface area contributed by atoms with Gasteiger partial charge in [-0.3, -0.25) is 0 Å². The number of carbonyl (C=O) groups is 1. The number of benzene rings is 2. The molecule has 0 unspecified atom stereocenters. The predicted octanol–water partition coefficient (Wildman–Crippen LogP) is 5.86. The number of pyridine rings is 1. The van der Waals surface area contributed by atoms with Gasteiger partial charge in [0.2, 0.25) is 0 Å². The van der Waals surface area contributed by atoms with E-state index in [1.54, 1.807) is 13.1 Å². The summed E-state index contributed by atoms with van der Waals surface area (Å²) in [5.41, 5.74) is 5.65. The van der Waals surface area contributed by atoms with Crippen LogP contribution in [0.2, 0.25) is 5.02 Å². The third kappa shape index (κ3) is 5.97. The van der Waals surface area contributed by atoms with Crippen LogP contribution in [0.1, 0.15) is 30.7 Å². The average molecular weight is 417 g/mol. The Bertz CT molecular complexity index is 1110. The number of rotatable bonds is 4. The molecule has 3 aromatic rings. The molecule has 4 nitrogen and oxygen atoms in total. The molecule has 2 N–H and O–H groups in total. The van der Waals surface area contributed by atoms with Crippen LogP contribution in [0.25, 0.3) is 16.7 Å². The first kappa shape index (κ1) is 21.2. The van der Waals surface area contributed by atoms with Crippen molar-refractivity contribution in [3.63, 3.8) is 0 Å². The van der Waals surface area contributed by atoms with Gasteiger partial charge in [-0.15, -0.1) is 0 Å². The molecule has 0 fully saturated rings. The summed E-state index contributed by atoms with van der Waals surface area (Å²) < 4.78 is 0. The molecule has 0 radical (unpaired) electrons. The quantitative estimate of drug-likeness (QED) is 0.523. The normalized spacial score (nSPS) is 11.9. The van der Waals surface area contributed by atoms with E-state index < -0.39 is 6.09 Å². The number of hydrogen-bond acceptors (Lipinski definition) is 2. The lowest BCUT2D eigenvalue weighted by atomic mass is 10.0. The van der Waals surface area contributed by atoms with E-state index in [1.807, 2.05) is 73.7 Å². The minimum atomic E-state index is -1.04. The standard InChI is InChI=1S/C25H21ClN2O2/c1-17(15-18(2)28-25(29)30)20-6-3-19(4-7-20)5-13-24-14-10-22(16-27-24)21-8-11-23(26)12-9-21/h3-4,6-12,14-16,18,28H,1-2H3,(H,29,30)/b17-15-/t18-/m0/s1. The maximum atomic E-state index is 10.7. The fourth-order valence-corrected chi connectivity index (χ4v) is 3.07. The van der Waals surface area contributed by atoms with Gasteiger partial charge in [-0.1, -0.05) is 53.9 Å². The highest BCUT2D eigenvalue weighted by Gasteiger charge is 2.03. The Kier molecular flexibility index (Phi) is 6.90. The molecule has 0 saturated carbocycles.